The summed E-state index contributed by atoms with van der Waals surface area (Å²) in [6, 6.07) is 13.1. The zero-order valence-corrected chi connectivity index (χ0v) is 16.6. The molecule has 2 aromatic rings. The van der Waals surface area contributed by atoms with Crippen LogP contribution in [0.5, 0.6) is 0 Å². The van der Waals surface area contributed by atoms with E-state index in [1.807, 2.05) is 17.0 Å². The first-order valence-electron chi connectivity index (χ1n) is 9.40. The highest BCUT2D eigenvalue weighted by Gasteiger charge is 2.23. The molecule has 0 atom stereocenters. The first kappa shape index (κ1) is 19.4. The van der Waals surface area contributed by atoms with E-state index >= 15 is 0 Å². The number of halogens is 1. The Morgan fingerprint density at radius 3 is 2.59 bits per heavy atom. The lowest BCUT2D eigenvalue weighted by molar-refractivity contribution is -0.119. The number of fused-ring (bicyclic) bond motifs is 1. The van der Waals surface area contributed by atoms with Gasteiger partial charge in [0.05, 0.1) is 6.42 Å². The van der Waals surface area contributed by atoms with Crippen LogP contribution >= 0.6 is 11.6 Å². The van der Waals surface area contributed by atoms with Gasteiger partial charge in [-0.25, -0.2) is 0 Å². The van der Waals surface area contributed by atoms with Gasteiger partial charge in [-0.3, -0.25) is 9.59 Å². The Bertz CT molecular complexity index is 831. The number of rotatable bonds is 5. The standard InChI is InChI=1S/C22H25ClN2O2/c1-15(2)12-22(27)25-11-3-4-17-13-16(5-10-20(17)25)14-21(26)24-19-8-6-18(23)7-9-19/h5-10,13,15H,3-4,11-12,14H2,1-2H3,(H,24,26). The molecule has 0 unspecified atom stereocenters. The van der Waals surface area contributed by atoms with Crippen molar-refractivity contribution in [1.82, 2.24) is 0 Å². The second-order valence-corrected chi connectivity index (χ2v) is 7.88. The average molecular weight is 385 g/mol. The second kappa shape index (κ2) is 8.57. The number of carbonyl (C=O) groups is 2. The lowest BCUT2D eigenvalue weighted by atomic mass is 9.97. The Hall–Kier alpha value is -2.33. The van der Waals surface area contributed by atoms with Gasteiger partial charge in [0.25, 0.3) is 0 Å². The summed E-state index contributed by atoms with van der Waals surface area (Å²) in [5, 5.41) is 3.52. The molecule has 1 aliphatic rings. The third-order valence-electron chi connectivity index (χ3n) is 4.64. The van der Waals surface area contributed by atoms with Crippen LogP contribution < -0.4 is 10.2 Å². The molecule has 5 heteroatoms. The molecule has 2 amide bonds. The molecule has 27 heavy (non-hydrogen) atoms. The van der Waals surface area contributed by atoms with Crippen molar-refractivity contribution in [2.45, 2.75) is 39.5 Å². The normalized spacial score (nSPS) is 13.4. The third-order valence-corrected chi connectivity index (χ3v) is 4.89. The van der Waals surface area contributed by atoms with Crippen LogP contribution in [0.25, 0.3) is 0 Å². The van der Waals surface area contributed by atoms with Gasteiger partial charge in [0, 0.05) is 29.4 Å². The van der Waals surface area contributed by atoms with Crippen LogP contribution in [-0.4, -0.2) is 18.4 Å². The van der Waals surface area contributed by atoms with E-state index in [1.165, 1.54) is 0 Å². The molecular weight excluding hydrogens is 360 g/mol. The number of hydrogen-bond donors (Lipinski definition) is 1. The fraction of sp³-hybridized carbons (Fsp3) is 0.364. The summed E-state index contributed by atoms with van der Waals surface area (Å²) in [6.45, 7) is 4.89. The number of anilines is 2. The first-order chi connectivity index (χ1) is 12.9. The van der Waals surface area contributed by atoms with Crippen LogP contribution in [0, 0.1) is 5.92 Å². The average Bonchev–Trinajstić information content (AvgIpc) is 2.62. The molecule has 1 N–H and O–H groups in total. The second-order valence-electron chi connectivity index (χ2n) is 7.44. The summed E-state index contributed by atoms with van der Waals surface area (Å²) < 4.78 is 0. The fourth-order valence-electron chi connectivity index (χ4n) is 3.40. The van der Waals surface area contributed by atoms with Gasteiger partial charge in [-0.2, -0.15) is 0 Å². The molecule has 142 valence electrons. The van der Waals surface area contributed by atoms with Crippen molar-refractivity contribution >= 4 is 34.8 Å². The van der Waals surface area contributed by atoms with Crippen LogP contribution in [-0.2, 0) is 22.4 Å². The Kier molecular flexibility index (Phi) is 6.17. The van der Waals surface area contributed by atoms with E-state index in [4.69, 9.17) is 11.6 Å². The SMILES string of the molecule is CC(C)CC(=O)N1CCCc2cc(CC(=O)Nc3ccc(Cl)cc3)ccc21. The highest BCUT2D eigenvalue weighted by molar-refractivity contribution is 6.30. The molecule has 0 aliphatic carbocycles. The Morgan fingerprint density at radius 1 is 1.15 bits per heavy atom. The molecule has 0 bridgehead atoms. The van der Waals surface area contributed by atoms with E-state index in [2.05, 4.69) is 25.2 Å². The van der Waals surface area contributed by atoms with Gasteiger partial charge >= 0.3 is 0 Å². The van der Waals surface area contributed by atoms with Gasteiger partial charge in [-0.15, -0.1) is 0 Å². The molecule has 0 saturated heterocycles. The van der Waals surface area contributed by atoms with E-state index in [-0.39, 0.29) is 11.8 Å². The van der Waals surface area contributed by atoms with E-state index in [0.717, 1.165) is 41.9 Å². The largest absolute Gasteiger partial charge is 0.326 e. The molecule has 0 fully saturated rings. The van der Waals surface area contributed by atoms with Gasteiger partial charge in [-0.1, -0.05) is 37.6 Å². The monoisotopic (exact) mass is 384 g/mol. The molecule has 2 aromatic carbocycles. The third kappa shape index (κ3) is 5.10. The van der Waals surface area contributed by atoms with Crippen LogP contribution in [0.2, 0.25) is 5.02 Å². The van der Waals surface area contributed by atoms with Gasteiger partial charge in [0.2, 0.25) is 11.8 Å². The number of amides is 2. The van der Waals surface area contributed by atoms with Gasteiger partial charge in [0.1, 0.15) is 0 Å². The summed E-state index contributed by atoms with van der Waals surface area (Å²) in [5.41, 5.74) is 3.83. The van der Waals surface area contributed by atoms with Crippen LogP contribution in [0.3, 0.4) is 0 Å². The Labute approximate surface area is 165 Å². The van der Waals surface area contributed by atoms with Gasteiger partial charge in [0.15, 0.2) is 0 Å². The highest BCUT2D eigenvalue weighted by Crippen LogP contribution is 2.29. The molecule has 0 saturated carbocycles. The van der Waals surface area contributed by atoms with Crippen LogP contribution in [0.1, 0.15) is 37.8 Å². The minimum absolute atomic E-state index is 0.0687. The maximum absolute atomic E-state index is 12.5. The summed E-state index contributed by atoms with van der Waals surface area (Å²) in [7, 11) is 0. The minimum Gasteiger partial charge on any atom is -0.326 e. The zero-order chi connectivity index (χ0) is 19.4. The van der Waals surface area contributed by atoms with Crippen molar-refractivity contribution in [3.05, 3.63) is 58.6 Å². The van der Waals surface area contributed by atoms with E-state index < -0.39 is 0 Å². The van der Waals surface area contributed by atoms with Crippen LogP contribution in [0.4, 0.5) is 11.4 Å². The molecule has 1 aliphatic heterocycles. The van der Waals surface area contributed by atoms with E-state index in [1.54, 1.807) is 24.3 Å². The summed E-state index contributed by atoms with van der Waals surface area (Å²) in [6.07, 6.45) is 2.76. The number of carbonyl (C=O) groups excluding carboxylic acids is 2. The van der Waals surface area contributed by atoms with Crippen molar-refractivity contribution in [2.24, 2.45) is 5.92 Å². The lowest BCUT2D eigenvalue weighted by Crippen LogP contribution is -2.36. The maximum atomic E-state index is 12.5. The van der Waals surface area contributed by atoms with Crippen molar-refractivity contribution in [2.75, 3.05) is 16.8 Å². The number of hydrogen-bond acceptors (Lipinski definition) is 2. The Balaban J connectivity index is 1.69. The smallest absolute Gasteiger partial charge is 0.228 e. The zero-order valence-electron chi connectivity index (χ0n) is 15.8. The summed E-state index contributed by atoms with van der Waals surface area (Å²) in [5.74, 6) is 0.457. The summed E-state index contributed by atoms with van der Waals surface area (Å²) >= 11 is 5.87. The maximum Gasteiger partial charge on any atom is 0.228 e. The summed E-state index contributed by atoms with van der Waals surface area (Å²) in [4.78, 5) is 26.7. The molecular formula is C22H25ClN2O2. The van der Waals surface area contributed by atoms with Gasteiger partial charge in [-0.05, 0) is 60.2 Å². The number of nitrogens with zero attached hydrogens (tertiary/aromatic N) is 1. The van der Waals surface area contributed by atoms with Crippen molar-refractivity contribution in [3.63, 3.8) is 0 Å². The minimum atomic E-state index is -0.0687. The fourth-order valence-corrected chi connectivity index (χ4v) is 3.53. The van der Waals surface area contributed by atoms with Crippen molar-refractivity contribution in [1.29, 1.82) is 0 Å². The molecule has 4 nitrogen and oxygen atoms in total. The van der Waals surface area contributed by atoms with Crippen molar-refractivity contribution < 1.29 is 9.59 Å². The van der Waals surface area contributed by atoms with E-state index in [0.29, 0.717) is 23.8 Å². The molecule has 0 aromatic heterocycles. The number of aryl methyl sites for hydroxylation is 1. The molecule has 1 heterocycles. The highest BCUT2D eigenvalue weighted by atomic mass is 35.5. The van der Waals surface area contributed by atoms with Gasteiger partial charge < -0.3 is 10.2 Å². The number of nitrogens with one attached hydrogen (secondary N) is 1. The van der Waals surface area contributed by atoms with E-state index in [9.17, 15) is 9.59 Å². The van der Waals surface area contributed by atoms with Crippen molar-refractivity contribution in [3.8, 4) is 0 Å². The lowest BCUT2D eigenvalue weighted by Gasteiger charge is -2.30. The molecule has 0 spiro atoms. The topological polar surface area (TPSA) is 49.4 Å². The Morgan fingerprint density at radius 2 is 1.89 bits per heavy atom. The predicted molar refractivity (Wildman–Crippen MR) is 110 cm³/mol. The number of benzene rings is 2. The predicted octanol–water partition coefficient (Wildman–Crippen LogP) is 4.85. The van der Waals surface area contributed by atoms with Crippen LogP contribution in [0.15, 0.2) is 42.5 Å². The molecule has 0 radical (unpaired) electrons. The quantitative estimate of drug-likeness (QED) is 0.801. The molecule has 3 rings (SSSR count). The first-order valence-corrected chi connectivity index (χ1v) is 9.78.